The number of amides is 1. The van der Waals surface area contributed by atoms with Gasteiger partial charge in [-0.2, -0.15) is 4.98 Å². The van der Waals surface area contributed by atoms with Crippen molar-refractivity contribution in [3.8, 4) is 11.8 Å². The Kier molecular flexibility index (Phi) is 5.87. The van der Waals surface area contributed by atoms with Gasteiger partial charge in [-0.3, -0.25) is 23.3 Å². The summed E-state index contributed by atoms with van der Waals surface area (Å²) in [5, 5.41) is 2.75. The second-order valence-electron chi connectivity index (χ2n) is 7.83. The Hall–Kier alpha value is -4.14. The molecule has 4 aromatic rings. The Morgan fingerprint density at radius 3 is 2.45 bits per heavy atom. The number of aryl methyl sites for hydroxylation is 2. The van der Waals surface area contributed by atoms with Crippen molar-refractivity contribution >= 4 is 17.1 Å². The number of nitrogens with zero attached hydrogens (tertiary/aromatic N) is 4. The van der Waals surface area contributed by atoms with Crippen LogP contribution in [-0.2, 0) is 20.6 Å². The van der Waals surface area contributed by atoms with Crippen LogP contribution in [0.15, 0.2) is 58.1 Å². The minimum atomic E-state index is -0.467. The fraction of sp³-hybridized carbons (Fsp3) is 0.250. The molecule has 4 rings (SSSR count). The second-order valence-corrected chi connectivity index (χ2v) is 7.83. The van der Waals surface area contributed by atoms with Crippen molar-refractivity contribution in [3.63, 3.8) is 0 Å². The average molecular weight is 447 g/mol. The molecule has 2 aromatic carbocycles. The maximum Gasteiger partial charge on any atom is 0.332 e. The Bertz CT molecular complexity index is 1460. The predicted octanol–water partition coefficient (Wildman–Crippen LogP) is 2.33. The third-order valence-electron chi connectivity index (χ3n) is 5.40. The summed E-state index contributed by atoms with van der Waals surface area (Å²) in [5.74, 6) is 0.278. The first kappa shape index (κ1) is 22.1. The fourth-order valence-corrected chi connectivity index (χ4v) is 3.69. The highest BCUT2D eigenvalue weighted by atomic mass is 16.5. The van der Waals surface area contributed by atoms with E-state index in [0.717, 1.165) is 15.7 Å². The van der Waals surface area contributed by atoms with E-state index in [2.05, 4.69) is 10.3 Å². The van der Waals surface area contributed by atoms with E-state index in [0.29, 0.717) is 24.4 Å². The molecule has 0 unspecified atom stereocenters. The van der Waals surface area contributed by atoms with Crippen molar-refractivity contribution in [3.05, 3.63) is 86.1 Å². The highest BCUT2D eigenvalue weighted by Crippen LogP contribution is 2.25. The SMILES string of the molecule is CCNC(=O)c1ccc(Oc2nc3c(c(=O)n(C)c(=O)n3C)n2Cc2cccc(C)c2)cc1. The van der Waals surface area contributed by atoms with Gasteiger partial charge in [0.15, 0.2) is 11.2 Å². The molecule has 2 aromatic heterocycles. The monoisotopic (exact) mass is 447 g/mol. The van der Waals surface area contributed by atoms with Gasteiger partial charge in [0.05, 0.1) is 6.54 Å². The van der Waals surface area contributed by atoms with Crippen LogP contribution in [-0.4, -0.2) is 31.1 Å². The summed E-state index contributed by atoms with van der Waals surface area (Å²) < 4.78 is 10.1. The minimum Gasteiger partial charge on any atom is -0.425 e. The van der Waals surface area contributed by atoms with E-state index in [1.54, 1.807) is 35.9 Å². The molecule has 33 heavy (non-hydrogen) atoms. The van der Waals surface area contributed by atoms with Crippen molar-refractivity contribution in [1.29, 1.82) is 0 Å². The minimum absolute atomic E-state index is 0.172. The van der Waals surface area contributed by atoms with Gasteiger partial charge in [0.25, 0.3) is 11.5 Å². The summed E-state index contributed by atoms with van der Waals surface area (Å²) in [6.45, 7) is 4.71. The van der Waals surface area contributed by atoms with E-state index in [4.69, 9.17) is 4.74 Å². The van der Waals surface area contributed by atoms with Crippen LogP contribution in [0.1, 0.15) is 28.4 Å². The summed E-state index contributed by atoms with van der Waals surface area (Å²) in [6.07, 6.45) is 0. The maximum atomic E-state index is 13.0. The third kappa shape index (κ3) is 4.17. The summed E-state index contributed by atoms with van der Waals surface area (Å²) >= 11 is 0. The van der Waals surface area contributed by atoms with Crippen LogP contribution in [0.4, 0.5) is 0 Å². The Morgan fingerprint density at radius 2 is 1.79 bits per heavy atom. The van der Waals surface area contributed by atoms with E-state index >= 15 is 0 Å². The molecule has 0 aliphatic rings. The highest BCUT2D eigenvalue weighted by Gasteiger charge is 2.21. The number of fused-ring (bicyclic) bond motifs is 1. The van der Waals surface area contributed by atoms with E-state index in [-0.39, 0.29) is 23.1 Å². The quantitative estimate of drug-likeness (QED) is 0.489. The molecule has 0 spiro atoms. The summed E-state index contributed by atoms with van der Waals surface area (Å²) in [6, 6.07) is 14.7. The van der Waals surface area contributed by atoms with Gasteiger partial charge in [0.2, 0.25) is 0 Å². The van der Waals surface area contributed by atoms with Gasteiger partial charge < -0.3 is 10.1 Å². The number of aromatic nitrogens is 4. The van der Waals surface area contributed by atoms with Crippen LogP contribution >= 0.6 is 0 Å². The summed E-state index contributed by atoms with van der Waals surface area (Å²) in [7, 11) is 3.01. The largest absolute Gasteiger partial charge is 0.425 e. The topological polar surface area (TPSA) is 100 Å². The molecular weight excluding hydrogens is 422 g/mol. The third-order valence-corrected chi connectivity index (χ3v) is 5.40. The number of hydrogen-bond acceptors (Lipinski definition) is 5. The molecule has 0 saturated carbocycles. The molecule has 0 bridgehead atoms. The lowest BCUT2D eigenvalue weighted by Gasteiger charge is -2.11. The maximum absolute atomic E-state index is 13.0. The smallest absolute Gasteiger partial charge is 0.332 e. The van der Waals surface area contributed by atoms with Gasteiger partial charge in [-0.15, -0.1) is 0 Å². The zero-order valence-electron chi connectivity index (χ0n) is 19.0. The van der Waals surface area contributed by atoms with Crippen LogP contribution in [0.3, 0.4) is 0 Å². The van der Waals surface area contributed by atoms with Gasteiger partial charge in [-0.05, 0) is 43.7 Å². The number of carbonyl (C=O) groups is 1. The standard InChI is InChI=1S/C24H25N5O4/c1-5-25-21(30)17-9-11-18(12-10-17)33-23-26-20-19(22(31)28(4)24(32)27(20)3)29(23)14-16-8-6-7-15(2)13-16/h6-13H,5,14H2,1-4H3,(H,25,30). The van der Waals surface area contributed by atoms with Gasteiger partial charge in [-0.25, -0.2) is 4.79 Å². The van der Waals surface area contributed by atoms with Crippen LogP contribution in [0.25, 0.3) is 11.2 Å². The lowest BCUT2D eigenvalue weighted by molar-refractivity contribution is 0.0956. The molecule has 0 atom stereocenters. The van der Waals surface area contributed by atoms with Crippen molar-refractivity contribution < 1.29 is 9.53 Å². The van der Waals surface area contributed by atoms with Gasteiger partial charge in [-0.1, -0.05) is 29.8 Å². The van der Waals surface area contributed by atoms with Gasteiger partial charge >= 0.3 is 11.7 Å². The molecular formula is C24H25N5O4. The summed E-state index contributed by atoms with van der Waals surface area (Å²) in [4.78, 5) is 42.0. The first-order chi connectivity index (χ1) is 15.8. The molecule has 1 amide bonds. The van der Waals surface area contributed by atoms with Crippen LogP contribution in [0.2, 0.25) is 0 Å². The molecule has 9 heteroatoms. The lowest BCUT2D eigenvalue weighted by atomic mass is 10.1. The first-order valence-electron chi connectivity index (χ1n) is 10.6. The fourth-order valence-electron chi connectivity index (χ4n) is 3.69. The van der Waals surface area contributed by atoms with E-state index < -0.39 is 11.2 Å². The predicted molar refractivity (Wildman–Crippen MR) is 125 cm³/mol. The molecule has 170 valence electrons. The number of ether oxygens (including phenoxy) is 1. The molecule has 0 aliphatic carbocycles. The second kappa shape index (κ2) is 8.78. The lowest BCUT2D eigenvalue weighted by Crippen LogP contribution is -2.37. The van der Waals surface area contributed by atoms with Crippen molar-refractivity contribution in [2.75, 3.05) is 6.54 Å². The van der Waals surface area contributed by atoms with Gasteiger partial charge in [0, 0.05) is 26.2 Å². The molecule has 1 N–H and O–H groups in total. The number of carbonyl (C=O) groups excluding carboxylic acids is 1. The molecule has 0 saturated heterocycles. The van der Waals surface area contributed by atoms with Crippen molar-refractivity contribution in [2.24, 2.45) is 14.1 Å². The molecule has 2 heterocycles. The van der Waals surface area contributed by atoms with Crippen LogP contribution in [0, 0.1) is 6.92 Å². The molecule has 0 aliphatic heterocycles. The first-order valence-corrected chi connectivity index (χ1v) is 10.6. The van der Waals surface area contributed by atoms with E-state index in [1.165, 1.54) is 11.6 Å². The molecule has 0 fully saturated rings. The zero-order valence-corrected chi connectivity index (χ0v) is 19.0. The Balaban J connectivity index is 1.82. The van der Waals surface area contributed by atoms with E-state index in [1.807, 2.05) is 38.1 Å². The Morgan fingerprint density at radius 1 is 1.06 bits per heavy atom. The van der Waals surface area contributed by atoms with E-state index in [9.17, 15) is 14.4 Å². The summed E-state index contributed by atoms with van der Waals surface area (Å²) in [5.41, 5.74) is 2.15. The van der Waals surface area contributed by atoms with Crippen LogP contribution < -0.4 is 21.3 Å². The molecule has 0 radical (unpaired) electrons. The van der Waals surface area contributed by atoms with Crippen molar-refractivity contribution in [1.82, 2.24) is 24.0 Å². The average Bonchev–Trinajstić information content (AvgIpc) is 3.15. The number of imidazole rings is 1. The number of benzene rings is 2. The zero-order chi connectivity index (χ0) is 23.7. The normalized spacial score (nSPS) is 11.0. The molecule has 9 nitrogen and oxygen atoms in total. The number of nitrogens with one attached hydrogen (secondary N) is 1. The van der Waals surface area contributed by atoms with Crippen LogP contribution in [0.5, 0.6) is 11.8 Å². The van der Waals surface area contributed by atoms with Gasteiger partial charge in [0.1, 0.15) is 5.75 Å². The number of hydrogen-bond donors (Lipinski definition) is 1. The number of rotatable bonds is 6. The van der Waals surface area contributed by atoms with Crippen molar-refractivity contribution in [2.45, 2.75) is 20.4 Å². The highest BCUT2D eigenvalue weighted by molar-refractivity contribution is 5.94. The Labute approximate surface area is 189 Å².